The number of halogens is 2. The minimum absolute atomic E-state index is 0.0690. The van der Waals surface area contributed by atoms with Crippen molar-refractivity contribution in [2.24, 2.45) is 0 Å². The number of hydrogen-bond acceptors (Lipinski definition) is 1. The number of rotatable bonds is 4. The molecule has 4 heteroatoms. The molecule has 0 unspecified atom stereocenters. The van der Waals surface area contributed by atoms with E-state index in [1.807, 2.05) is 55.1 Å². The highest BCUT2D eigenvalue weighted by Crippen LogP contribution is 2.22. The van der Waals surface area contributed by atoms with E-state index in [4.69, 9.17) is 0 Å². The minimum atomic E-state index is 0.0690. The molecule has 0 aromatic heterocycles. The van der Waals surface area contributed by atoms with E-state index in [1.165, 1.54) is 0 Å². The summed E-state index contributed by atoms with van der Waals surface area (Å²) in [5.41, 5.74) is 1.89. The third-order valence-electron chi connectivity index (χ3n) is 3.24. The van der Waals surface area contributed by atoms with Crippen molar-refractivity contribution in [2.75, 3.05) is 0 Å². The maximum Gasteiger partial charge on any atom is 0.255 e. The molecule has 110 valence electrons. The van der Waals surface area contributed by atoms with E-state index < -0.39 is 0 Å². The van der Waals surface area contributed by atoms with Crippen molar-refractivity contribution in [3.63, 3.8) is 0 Å². The molecule has 0 heterocycles. The lowest BCUT2D eigenvalue weighted by Gasteiger charge is -2.27. The summed E-state index contributed by atoms with van der Waals surface area (Å²) >= 11 is 5.66. The molecule has 2 rings (SSSR count). The van der Waals surface area contributed by atoms with E-state index >= 15 is 0 Å². The molecule has 0 atom stereocenters. The number of nitrogens with zero attached hydrogens (tertiary/aromatic N) is 1. The predicted octanol–water partition coefficient (Wildman–Crippen LogP) is 5.10. The van der Waals surface area contributed by atoms with Crippen LogP contribution in [0.2, 0.25) is 0 Å². The second-order valence-electron chi connectivity index (χ2n) is 5.14. The highest BCUT2D eigenvalue weighted by Gasteiger charge is 2.21. The van der Waals surface area contributed by atoms with Gasteiger partial charge in [-0.15, -0.1) is 0 Å². The van der Waals surface area contributed by atoms with Gasteiger partial charge in [0.05, 0.1) is 5.56 Å². The number of hydrogen-bond donors (Lipinski definition) is 0. The summed E-state index contributed by atoms with van der Waals surface area (Å²) in [5, 5.41) is 0. The lowest BCUT2D eigenvalue weighted by Crippen LogP contribution is -2.36. The van der Waals surface area contributed by atoms with Gasteiger partial charge in [-0.2, -0.15) is 0 Å². The van der Waals surface area contributed by atoms with Gasteiger partial charge >= 0.3 is 0 Å². The molecule has 0 aliphatic carbocycles. The molecular weight excluding hydrogens is 441 g/mol. The fourth-order valence-electron chi connectivity index (χ4n) is 2.09. The van der Waals surface area contributed by atoms with Crippen LogP contribution in [0.1, 0.15) is 29.8 Å². The van der Waals surface area contributed by atoms with E-state index in [1.54, 1.807) is 0 Å². The Morgan fingerprint density at radius 1 is 1.19 bits per heavy atom. The molecule has 2 nitrogen and oxygen atoms in total. The largest absolute Gasteiger partial charge is 0.332 e. The third kappa shape index (κ3) is 4.30. The topological polar surface area (TPSA) is 20.3 Å². The average Bonchev–Trinajstić information content (AvgIpc) is 2.47. The van der Waals surface area contributed by atoms with Crippen LogP contribution in [0, 0.1) is 3.57 Å². The lowest BCUT2D eigenvalue weighted by atomic mass is 10.1. The fourth-order valence-corrected chi connectivity index (χ4v) is 3.01. The predicted molar refractivity (Wildman–Crippen MR) is 98.3 cm³/mol. The number of carbonyl (C=O) groups is 1. The molecule has 0 aliphatic rings. The second kappa shape index (κ2) is 7.40. The normalized spacial score (nSPS) is 10.7. The Hall–Kier alpha value is -0.880. The van der Waals surface area contributed by atoms with Crippen LogP contribution < -0.4 is 0 Å². The highest BCUT2D eigenvalue weighted by atomic mass is 127. The minimum Gasteiger partial charge on any atom is -0.332 e. The van der Waals surface area contributed by atoms with Gasteiger partial charge in [0.25, 0.3) is 5.91 Å². The van der Waals surface area contributed by atoms with Crippen molar-refractivity contribution in [2.45, 2.75) is 26.4 Å². The first-order valence-electron chi connectivity index (χ1n) is 6.79. The monoisotopic (exact) mass is 457 g/mol. The van der Waals surface area contributed by atoms with Gasteiger partial charge in [-0.25, -0.2) is 0 Å². The summed E-state index contributed by atoms with van der Waals surface area (Å²) in [6.45, 7) is 4.72. The van der Waals surface area contributed by atoms with Crippen molar-refractivity contribution in [1.29, 1.82) is 0 Å². The van der Waals surface area contributed by atoms with Gasteiger partial charge in [0.15, 0.2) is 0 Å². The van der Waals surface area contributed by atoms with E-state index in [0.29, 0.717) is 6.54 Å². The zero-order chi connectivity index (χ0) is 15.4. The molecule has 0 radical (unpaired) electrons. The van der Waals surface area contributed by atoms with Crippen molar-refractivity contribution >= 4 is 44.4 Å². The van der Waals surface area contributed by atoms with Crippen LogP contribution in [0.5, 0.6) is 0 Å². The molecule has 0 spiro atoms. The van der Waals surface area contributed by atoms with Crippen LogP contribution >= 0.6 is 38.5 Å². The van der Waals surface area contributed by atoms with Crippen LogP contribution in [-0.2, 0) is 6.54 Å². The average molecular weight is 458 g/mol. The molecule has 0 bridgehead atoms. The van der Waals surface area contributed by atoms with Crippen LogP contribution in [0.3, 0.4) is 0 Å². The number of carbonyl (C=O) groups excluding carboxylic acids is 1. The Morgan fingerprint density at radius 2 is 1.86 bits per heavy atom. The summed E-state index contributed by atoms with van der Waals surface area (Å²) in [6, 6.07) is 16.0. The van der Waals surface area contributed by atoms with Gasteiger partial charge in [-0.3, -0.25) is 4.79 Å². The molecule has 0 N–H and O–H groups in total. The SMILES string of the molecule is CC(C)N(Cc1ccccc1)C(=O)c1cc(Br)ccc1I. The van der Waals surface area contributed by atoms with E-state index in [2.05, 4.69) is 50.7 Å². The van der Waals surface area contributed by atoms with Crippen LogP contribution in [0.4, 0.5) is 0 Å². The summed E-state index contributed by atoms with van der Waals surface area (Å²) < 4.78 is 1.90. The number of benzene rings is 2. The van der Waals surface area contributed by atoms with Crippen molar-refractivity contribution < 1.29 is 4.79 Å². The Labute approximate surface area is 147 Å². The number of amides is 1. The maximum atomic E-state index is 12.9. The van der Waals surface area contributed by atoms with Gasteiger partial charge < -0.3 is 4.90 Å². The molecule has 1 amide bonds. The first kappa shape index (κ1) is 16.5. The molecule has 0 saturated heterocycles. The summed E-state index contributed by atoms with van der Waals surface area (Å²) in [7, 11) is 0. The third-order valence-corrected chi connectivity index (χ3v) is 4.67. The van der Waals surface area contributed by atoms with Crippen LogP contribution in [-0.4, -0.2) is 16.8 Å². The second-order valence-corrected chi connectivity index (χ2v) is 7.21. The molecule has 0 saturated carbocycles. The Kier molecular flexibility index (Phi) is 5.81. The van der Waals surface area contributed by atoms with Crippen molar-refractivity contribution in [3.8, 4) is 0 Å². The standard InChI is InChI=1S/C17H17BrINO/c1-12(2)20(11-13-6-4-3-5-7-13)17(21)15-10-14(18)8-9-16(15)19/h3-10,12H,11H2,1-2H3. The van der Waals surface area contributed by atoms with Gasteiger partial charge in [-0.1, -0.05) is 46.3 Å². The van der Waals surface area contributed by atoms with Crippen molar-refractivity contribution in [3.05, 3.63) is 67.7 Å². The maximum absolute atomic E-state index is 12.9. The van der Waals surface area contributed by atoms with E-state index in [-0.39, 0.29) is 11.9 Å². The molecule has 2 aromatic rings. The molecule has 21 heavy (non-hydrogen) atoms. The summed E-state index contributed by atoms with van der Waals surface area (Å²) in [6.07, 6.45) is 0. The lowest BCUT2D eigenvalue weighted by molar-refractivity contribution is 0.0689. The summed E-state index contributed by atoms with van der Waals surface area (Å²) in [5.74, 6) is 0.0690. The fraction of sp³-hybridized carbons (Fsp3) is 0.235. The first-order chi connectivity index (χ1) is 9.99. The van der Waals surface area contributed by atoms with Gasteiger partial charge in [0.2, 0.25) is 0 Å². The Morgan fingerprint density at radius 3 is 2.48 bits per heavy atom. The van der Waals surface area contributed by atoms with Crippen molar-refractivity contribution in [1.82, 2.24) is 4.90 Å². The Balaban J connectivity index is 2.30. The van der Waals surface area contributed by atoms with Crippen LogP contribution in [0.25, 0.3) is 0 Å². The zero-order valence-electron chi connectivity index (χ0n) is 12.0. The summed E-state index contributed by atoms with van der Waals surface area (Å²) in [4.78, 5) is 14.8. The van der Waals surface area contributed by atoms with E-state index in [9.17, 15) is 4.79 Å². The first-order valence-corrected chi connectivity index (χ1v) is 8.66. The smallest absolute Gasteiger partial charge is 0.255 e. The molecular formula is C17H17BrINO. The molecule has 2 aromatic carbocycles. The molecule has 0 fully saturated rings. The quantitative estimate of drug-likeness (QED) is 0.584. The Bertz CT molecular complexity index is 628. The van der Waals surface area contributed by atoms with Crippen LogP contribution in [0.15, 0.2) is 53.0 Å². The van der Waals surface area contributed by atoms with Gasteiger partial charge in [0, 0.05) is 20.6 Å². The van der Waals surface area contributed by atoms with Gasteiger partial charge in [0.1, 0.15) is 0 Å². The zero-order valence-corrected chi connectivity index (χ0v) is 15.8. The molecule has 0 aliphatic heterocycles. The van der Waals surface area contributed by atoms with Gasteiger partial charge in [-0.05, 0) is 60.2 Å². The highest BCUT2D eigenvalue weighted by molar-refractivity contribution is 14.1. The van der Waals surface area contributed by atoms with E-state index in [0.717, 1.165) is 19.2 Å².